The second kappa shape index (κ2) is 6.69. The molecule has 2 nitrogen and oxygen atoms in total. The minimum atomic E-state index is -4.53. The zero-order chi connectivity index (χ0) is 14.0. The lowest BCUT2D eigenvalue weighted by Crippen LogP contribution is -2.49. The van der Waals surface area contributed by atoms with Gasteiger partial charge in [-0.05, 0) is 17.7 Å². The molecule has 0 aliphatic carbocycles. The molecule has 114 valence electrons. The fourth-order valence-electron chi connectivity index (χ4n) is 2.23. The summed E-state index contributed by atoms with van der Waals surface area (Å²) in [5.74, 6) is -2.41. The minimum Gasteiger partial charge on any atom is -0.314 e. The Labute approximate surface area is 119 Å². The maximum atomic E-state index is 13.1. The molecule has 1 aromatic rings. The van der Waals surface area contributed by atoms with E-state index in [1.165, 1.54) is 4.90 Å². The number of nitrogens with one attached hydrogen (secondary N) is 1. The SMILES string of the molecule is Cl.Fc1ccc([C@H](N2CCNCC2)C(F)(F)F)cc1F. The van der Waals surface area contributed by atoms with Crippen LogP contribution in [0.15, 0.2) is 18.2 Å². The predicted octanol–water partition coefficient (Wildman–Crippen LogP) is 2.90. The van der Waals surface area contributed by atoms with Crippen LogP contribution in [0.4, 0.5) is 22.0 Å². The summed E-state index contributed by atoms with van der Waals surface area (Å²) in [6.07, 6.45) is -4.53. The highest BCUT2D eigenvalue weighted by atomic mass is 35.5. The quantitative estimate of drug-likeness (QED) is 0.844. The van der Waals surface area contributed by atoms with Gasteiger partial charge < -0.3 is 5.32 Å². The lowest BCUT2D eigenvalue weighted by Gasteiger charge is -2.36. The number of rotatable bonds is 2. The summed E-state index contributed by atoms with van der Waals surface area (Å²) in [4.78, 5) is 1.23. The third-order valence-electron chi connectivity index (χ3n) is 3.09. The summed E-state index contributed by atoms with van der Waals surface area (Å²) in [6, 6.07) is 0.435. The average Bonchev–Trinajstić information content (AvgIpc) is 2.34. The smallest absolute Gasteiger partial charge is 0.314 e. The van der Waals surface area contributed by atoms with Gasteiger partial charge in [0.2, 0.25) is 0 Å². The number of piperazine rings is 1. The van der Waals surface area contributed by atoms with Gasteiger partial charge in [-0.2, -0.15) is 13.2 Å². The highest BCUT2D eigenvalue weighted by Gasteiger charge is 2.45. The van der Waals surface area contributed by atoms with E-state index < -0.39 is 23.9 Å². The molecule has 1 aliphatic rings. The Morgan fingerprint density at radius 2 is 1.65 bits per heavy atom. The van der Waals surface area contributed by atoms with Crippen molar-refractivity contribution in [3.63, 3.8) is 0 Å². The summed E-state index contributed by atoms with van der Waals surface area (Å²) < 4.78 is 65.4. The van der Waals surface area contributed by atoms with Crippen molar-refractivity contribution in [3.05, 3.63) is 35.4 Å². The number of benzene rings is 1. The molecule has 0 unspecified atom stereocenters. The van der Waals surface area contributed by atoms with Crippen LogP contribution in [0.3, 0.4) is 0 Å². The van der Waals surface area contributed by atoms with E-state index in [9.17, 15) is 22.0 Å². The highest BCUT2D eigenvalue weighted by molar-refractivity contribution is 5.85. The Hall–Kier alpha value is -0.920. The van der Waals surface area contributed by atoms with E-state index in [1.54, 1.807) is 0 Å². The van der Waals surface area contributed by atoms with E-state index in [1.807, 2.05) is 0 Å². The first kappa shape index (κ1) is 17.1. The summed E-state index contributed by atoms with van der Waals surface area (Å²) in [7, 11) is 0. The molecule has 1 saturated heterocycles. The molecule has 2 rings (SSSR count). The van der Waals surface area contributed by atoms with Crippen molar-refractivity contribution in [2.24, 2.45) is 0 Å². The van der Waals surface area contributed by atoms with Crippen LogP contribution in [0.25, 0.3) is 0 Å². The van der Waals surface area contributed by atoms with Gasteiger partial charge >= 0.3 is 6.18 Å². The Morgan fingerprint density at radius 1 is 1.05 bits per heavy atom. The summed E-state index contributed by atoms with van der Waals surface area (Å²) in [5.41, 5.74) is -0.270. The van der Waals surface area contributed by atoms with Crippen molar-refractivity contribution >= 4 is 12.4 Å². The number of halogens is 6. The fourth-order valence-corrected chi connectivity index (χ4v) is 2.23. The van der Waals surface area contributed by atoms with Crippen LogP contribution in [0.2, 0.25) is 0 Å². The van der Waals surface area contributed by atoms with E-state index in [0.29, 0.717) is 19.2 Å². The third-order valence-corrected chi connectivity index (χ3v) is 3.09. The third kappa shape index (κ3) is 3.80. The maximum Gasteiger partial charge on any atom is 0.408 e. The molecule has 1 N–H and O–H groups in total. The predicted molar refractivity (Wildman–Crippen MR) is 66.8 cm³/mol. The lowest BCUT2D eigenvalue weighted by atomic mass is 10.0. The summed E-state index contributed by atoms with van der Waals surface area (Å²) in [6.45, 7) is 1.30. The molecular formula is C12H14ClF5N2. The first-order valence-electron chi connectivity index (χ1n) is 5.86. The van der Waals surface area contributed by atoms with Crippen LogP contribution >= 0.6 is 12.4 Å². The second-order valence-electron chi connectivity index (χ2n) is 4.40. The first-order chi connectivity index (χ1) is 8.89. The first-order valence-corrected chi connectivity index (χ1v) is 5.86. The van der Waals surface area contributed by atoms with Crippen molar-refractivity contribution < 1.29 is 22.0 Å². The normalized spacial score (nSPS) is 18.4. The van der Waals surface area contributed by atoms with Crippen molar-refractivity contribution in [1.82, 2.24) is 10.2 Å². The average molecular weight is 317 g/mol. The van der Waals surface area contributed by atoms with Crippen LogP contribution in [0, 0.1) is 11.6 Å². The molecule has 1 heterocycles. The van der Waals surface area contributed by atoms with E-state index in [2.05, 4.69) is 5.32 Å². The Kier molecular flexibility index (Phi) is 5.73. The zero-order valence-electron chi connectivity index (χ0n) is 10.4. The Balaban J connectivity index is 0.00000200. The van der Waals surface area contributed by atoms with Gasteiger partial charge in [0.05, 0.1) is 0 Å². The van der Waals surface area contributed by atoms with E-state index in [-0.39, 0.29) is 31.1 Å². The van der Waals surface area contributed by atoms with Crippen LogP contribution in [-0.4, -0.2) is 37.3 Å². The maximum absolute atomic E-state index is 13.1. The van der Waals surface area contributed by atoms with Crippen molar-refractivity contribution in [2.45, 2.75) is 12.2 Å². The summed E-state index contributed by atoms with van der Waals surface area (Å²) >= 11 is 0. The van der Waals surface area contributed by atoms with Gasteiger partial charge in [0, 0.05) is 26.2 Å². The van der Waals surface area contributed by atoms with E-state index >= 15 is 0 Å². The molecule has 0 spiro atoms. The molecule has 1 atom stereocenters. The Bertz CT molecular complexity index is 446. The molecule has 1 fully saturated rings. The van der Waals surface area contributed by atoms with Crippen LogP contribution in [0.1, 0.15) is 11.6 Å². The van der Waals surface area contributed by atoms with Crippen molar-refractivity contribution in [2.75, 3.05) is 26.2 Å². The van der Waals surface area contributed by atoms with Crippen molar-refractivity contribution in [1.29, 1.82) is 0 Å². The molecule has 0 saturated carbocycles. The van der Waals surface area contributed by atoms with Gasteiger partial charge in [-0.3, -0.25) is 4.90 Å². The number of nitrogens with zero attached hydrogens (tertiary/aromatic N) is 1. The van der Waals surface area contributed by atoms with Crippen LogP contribution in [-0.2, 0) is 0 Å². The molecule has 8 heteroatoms. The largest absolute Gasteiger partial charge is 0.408 e. The molecule has 1 aliphatic heterocycles. The van der Waals surface area contributed by atoms with Gasteiger partial charge in [-0.15, -0.1) is 12.4 Å². The lowest BCUT2D eigenvalue weighted by molar-refractivity contribution is -0.187. The van der Waals surface area contributed by atoms with Crippen molar-refractivity contribution in [3.8, 4) is 0 Å². The van der Waals surface area contributed by atoms with E-state index in [0.717, 1.165) is 12.1 Å². The number of alkyl halides is 3. The monoisotopic (exact) mass is 316 g/mol. The molecule has 20 heavy (non-hydrogen) atoms. The van der Waals surface area contributed by atoms with Gasteiger partial charge in [-0.25, -0.2) is 8.78 Å². The molecule has 1 aromatic carbocycles. The van der Waals surface area contributed by atoms with Gasteiger partial charge in [0.1, 0.15) is 6.04 Å². The van der Waals surface area contributed by atoms with E-state index in [4.69, 9.17) is 0 Å². The van der Waals surface area contributed by atoms with Gasteiger partial charge in [-0.1, -0.05) is 6.07 Å². The molecular weight excluding hydrogens is 303 g/mol. The molecule has 0 aromatic heterocycles. The Morgan fingerprint density at radius 3 is 2.15 bits per heavy atom. The van der Waals surface area contributed by atoms with Crippen LogP contribution < -0.4 is 5.32 Å². The molecule has 0 bridgehead atoms. The number of hydrogen-bond donors (Lipinski definition) is 1. The summed E-state index contributed by atoms with van der Waals surface area (Å²) in [5, 5.41) is 2.95. The zero-order valence-corrected chi connectivity index (χ0v) is 11.2. The van der Waals surface area contributed by atoms with Crippen LogP contribution in [0.5, 0.6) is 0 Å². The minimum absolute atomic E-state index is 0. The highest BCUT2D eigenvalue weighted by Crippen LogP contribution is 2.38. The van der Waals surface area contributed by atoms with Gasteiger partial charge in [0.25, 0.3) is 0 Å². The molecule has 0 radical (unpaired) electrons. The topological polar surface area (TPSA) is 15.3 Å². The van der Waals surface area contributed by atoms with Gasteiger partial charge in [0.15, 0.2) is 11.6 Å². The molecule has 0 amide bonds. The second-order valence-corrected chi connectivity index (χ2v) is 4.40. The fraction of sp³-hybridized carbons (Fsp3) is 0.500. The standard InChI is InChI=1S/C12H13F5N2.ClH/c13-9-2-1-8(7-10(9)14)11(12(15,16)17)19-5-3-18-4-6-19;/h1-2,7,11,18H,3-6H2;1H/t11-;/m0./s1. The number of hydrogen-bond acceptors (Lipinski definition) is 2.